The third kappa shape index (κ3) is 3.05. The lowest BCUT2D eigenvalue weighted by Gasteiger charge is -2.30. The Labute approximate surface area is 141 Å². The Hall–Kier alpha value is -1.53. The van der Waals surface area contributed by atoms with Gasteiger partial charge >= 0.3 is 5.97 Å². The van der Waals surface area contributed by atoms with Gasteiger partial charge in [0.15, 0.2) is 30.1 Å². The van der Waals surface area contributed by atoms with Gasteiger partial charge in [-0.3, -0.25) is 9.59 Å². The van der Waals surface area contributed by atoms with Crippen molar-refractivity contribution in [1.82, 2.24) is 0 Å². The van der Waals surface area contributed by atoms with Gasteiger partial charge in [-0.05, 0) is 32.1 Å². The summed E-state index contributed by atoms with van der Waals surface area (Å²) in [6.45, 7) is 3.93. The van der Waals surface area contributed by atoms with Crippen LogP contribution in [0.15, 0.2) is 12.7 Å². The van der Waals surface area contributed by atoms with Crippen LogP contribution >= 0.6 is 0 Å². The maximum absolute atomic E-state index is 13.0. The van der Waals surface area contributed by atoms with Crippen LogP contribution in [0.1, 0.15) is 51.4 Å². The van der Waals surface area contributed by atoms with Gasteiger partial charge in [-0.15, -0.1) is 0 Å². The molecular formula is C18H24O6. The van der Waals surface area contributed by atoms with E-state index in [0.29, 0.717) is 25.9 Å². The van der Waals surface area contributed by atoms with Gasteiger partial charge in [-0.25, -0.2) is 4.79 Å². The summed E-state index contributed by atoms with van der Waals surface area (Å²) in [5, 5.41) is 0. The summed E-state index contributed by atoms with van der Waals surface area (Å²) in [4.78, 5) is 37.6. The van der Waals surface area contributed by atoms with E-state index in [-0.39, 0.29) is 11.6 Å². The molecule has 3 unspecified atom stereocenters. The monoisotopic (exact) mass is 336 g/mol. The molecule has 0 N–H and O–H groups in total. The molecule has 2 saturated carbocycles. The van der Waals surface area contributed by atoms with Crippen LogP contribution in [0.3, 0.4) is 0 Å². The SMILES string of the molecule is C=CC(=O)OC1C(=O)C2(CCCCC2)C(=O)C1OC1CCCCO1. The average molecular weight is 336 g/mol. The first-order valence-corrected chi connectivity index (χ1v) is 8.77. The first kappa shape index (κ1) is 17.3. The zero-order valence-corrected chi connectivity index (χ0v) is 13.8. The van der Waals surface area contributed by atoms with E-state index < -0.39 is 29.9 Å². The molecule has 1 spiro atoms. The highest BCUT2D eigenvalue weighted by molar-refractivity contribution is 6.18. The molecule has 132 valence electrons. The van der Waals surface area contributed by atoms with Gasteiger partial charge in [0.1, 0.15) is 0 Å². The topological polar surface area (TPSA) is 78.9 Å². The second kappa shape index (κ2) is 7.15. The lowest BCUT2D eigenvalue weighted by molar-refractivity contribution is -0.206. The molecule has 1 aliphatic heterocycles. The zero-order chi connectivity index (χ0) is 17.2. The minimum Gasteiger partial charge on any atom is -0.448 e. The van der Waals surface area contributed by atoms with Gasteiger partial charge in [0, 0.05) is 12.7 Å². The van der Waals surface area contributed by atoms with Crippen molar-refractivity contribution in [3.8, 4) is 0 Å². The first-order chi connectivity index (χ1) is 11.6. The fourth-order valence-electron chi connectivity index (χ4n) is 3.99. The first-order valence-electron chi connectivity index (χ1n) is 8.77. The molecular weight excluding hydrogens is 312 g/mol. The molecule has 3 aliphatic rings. The molecule has 0 aromatic rings. The van der Waals surface area contributed by atoms with Crippen molar-refractivity contribution in [2.45, 2.75) is 69.9 Å². The molecule has 6 heteroatoms. The largest absolute Gasteiger partial charge is 0.448 e. The van der Waals surface area contributed by atoms with E-state index >= 15 is 0 Å². The highest BCUT2D eigenvalue weighted by Gasteiger charge is 2.62. The van der Waals surface area contributed by atoms with Crippen LogP contribution in [0, 0.1) is 5.41 Å². The lowest BCUT2D eigenvalue weighted by atomic mass is 9.71. The minimum atomic E-state index is -1.19. The number of Topliss-reactive ketones (excluding diaryl/α,β-unsaturated/α-hetero) is 2. The number of hydrogen-bond donors (Lipinski definition) is 0. The van der Waals surface area contributed by atoms with Crippen molar-refractivity contribution in [1.29, 1.82) is 0 Å². The normalized spacial score (nSPS) is 32.8. The lowest BCUT2D eigenvalue weighted by Crippen LogP contribution is -2.40. The summed E-state index contributed by atoms with van der Waals surface area (Å²) >= 11 is 0. The molecule has 3 atom stereocenters. The Morgan fingerprint density at radius 1 is 1.08 bits per heavy atom. The molecule has 0 bridgehead atoms. The van der Waals surface area contributed by atoms with Gasteiger partial charge in [-0.1, -0.05) is 25.8 Å². The van der Waals surface area contributed by atoms with Crippen LogP contribution < -0.4 is 0 Å². The number of rotatable bonds is 4. The second-order valence-electron chi connectivity index (χ2n) is 6.79. The van der Waals surface area contributed by atoms with Crippen molar-refractivity contribution in [3.63, 3.8) is 0 Å². The van der Waals surface area contributed by atoms with Crippen LogP contribution in [0.25, 0.3) is 0 Å². The molecule has 3 rings (SSSR count). The molecule has 6 nitrogen and oxygen atoms in total. The van der Waals surface area contributed by atoms with E-state index in [1.807, 2.05) is 0 Å². The van der Waals surface area contributed by atoms with Crippen molar-refractivity contribution in [2.75, 3.05) is 6.61 Å². The van der Waals surface area contributed by atoms with Gasteiger partial charge in [0.2, 0.25) is 0 Å². The third-order valence-corrected chi connectivity index (χ3v) is 5.29. The van der Waals surface area contributed by atoms with Crippen LogP contribution in [0.5, 0.6) is 0 Å². The molecule has 1 saturated heterocycles. The summed E-state index contributed by atoms with van der Waals surface area (Å²) in [5.74, 6) is -1.28. The molecule has 0 amide bonds. The Morgan fingerprint density at radius 2 is 1.79 bits per heavy atom. The fraction of sp³-hybridized carbons (Fsp3) is 0.722. The molecule has 0 aromatic heterocycles. The number of esters is 1. The Bertz CT molecular complexity index is 528. The smallest absolute Gasteiger partial charge is 0.330 e. The van der Waals surface area contributed by atoms with Crippen molar-refractivity contribution in [3.05, 3.63) is 12.7 Å². The number of carbonyl (C=O) groups is 3. The van der Waals surface area contributed by atoms with E-state index in [1.165, 1.54) is 0 Å². The van der Waals surface area contributed by atoms with E-state index in [0.717, 1.165) is 38.2 Å². The summed E-state index contributed by atoms with van der Waals surface area (Å²) in [5.41, 5.74) is -1.05. The van der Waals surface area contributed by atoms with E-state index in [4.69, 9.17) is 14.2 Å². The number of hydrogen-bond acceptors (Lipinski definition) is 6. The summed E-state index contributed by atoms with van der Waals surface area (Å²) in [6.07, 6.45) is 4.48. The minimum absolute atomic E-state index is 0.247. The van der Waals surface area contributed by atoms with E-state index in [9.17, 15) is 14.4 Å². The second-order valence-corrected chi connectivity index (χ2v) is 6.79. The average Bonchev–Trinajstić information content (AvgIpc) is 2.80. The molecule has 3 fully saturated rings. The van der Waals surface area contributed by atoms with Gasteiger partial charge in [0.05, 0.1) is 5.41 Å². The molecule has 2 aliphatic carbocycles. The van der Waals surface area contributed by atoms with Crippen molar-refractivity contribution >= 4 is 17.5 Å². The highest BCUT2D eigenvalue weighted by atomic mass is 16.7. The molecule has 0 radical (unpaired) electrons. The van der Waals surface area contributed by atoms with Gasteiger partial charge in [-0.2, -0.15) is 0 Å². The standard InChI is InChI=1S/C18H24O6/c1-2-12(19)23-14-15(24-13-8-4-7-11-22-13)17(21)18(16(14)20)9-5-3-6-10-18/h2,13-15H,1,3-11H2. The third-order valence-electron chi connectivity index (χ3n) is 5.29. The summed E-state index contributed by atoms with van der Waals surface area (Å²) in [6, 6.07) is 0. The van der Waals surface area contributed by atoms with Gasteiger partial charge in [0.25, 0.3) is 0 Å². The zero-order valence-electron chi connectivity index (χ0n) is 13.8. The number of ether oxygens (including phenoxy) is 3. The Balaban J connectivity index is 1.83. The quantitative estimate of drug-likeness (QED) is 0.444. The van der Waals surface area contributed by atoms with E-state index in [2.05, 4.69) is 6.58 Å². The maximum Gasteiger partial charge on any atom is 0.330 e. The van der Waals surface area contributed by atoms with Gasteiger partial charge < -0.3 is 14.2 Å². The Kier molecular flexibility index (Phi) is 5.15. The number of ketones is 2. The van der Waals surface area contributed by atoms with Crippen molar-refractivity contribution in [2.24, 2.45) is 5.41 Å². The maximum atomic E-state index is 13.0. The predicted octanol–water partition coefficient (Wildman–Crippen LogP) is 2.10. The van der Waals surface area contributed by atoms with Crippen LogP contribution in [0.2, 0.25) is 0 Å². The summed E-state index contributed by atoms with van der Waals surface area (Å²) < 4.78 is 16.6. The van der Waals surface area contributed by atoms with Crippen LogP contribution in [-0.4, -0.2) is 42.6 Å². The summed E-state index contributed by atoms with van der Waals surface area (Å²) in [7, 11) is 0. The van der Waals surface area contributed by atoms with Crippen molar-refractivity contribution < 1.29 is 28.6 Å². The molecule has 24 heavy (non-hydrogen) atoms. The predicted molar refractivity (Wildman–Crippen MR) is 84.1 cm³/mol. The molecule has 0 aromatic carbocycles. The van der Waals surface area contributed by atoms with Crippen LogP contribution in [-0.2, 0) is 28.6 Å². The molecule has 1 heterocycles. The van der Waals surface area contributed by atoms with Crippen LogP contribution in [0.4, 0.5) is 0 Å². The Morgan fingerprint density at radius 3 is 2.42 bits per heavy atom. The highest BCUT2D eigenvalue weighted by Crippen LogP contribution is 2.46. The number of carbonyl (C=O) groups excluding carboxylic acids is 3. The van der Waals surface area contributed by atoms with E-state index in [1.54, 1.807) is 0 Å². The fourth-order valence-corrected chi connectivity index (χ4v) is 3.99.